The Morgan fingerprint density at radius 2 is 1.92 bits per heavy atom. The van der Waals surface area contributed by atoms with E-state index < -0.39 is 0 Å². The van der Waals surface area contributed by atoms with Crippen LogP contribution in [0.3, 0.4) is 0 Å². The molecule has 0 heterocycles. The van der Waals surface area contributed by atoms with E-state index in [1.165, 1.54) is 5.56 Å². The van der Waals surface area contributed by atoms with Gasteiger partial charge in [-0.15, -0.1) is 0 Å². The lowest BCUT2D eigenvalue weighted by Crippen LogP contribution is -2.20. The van der Waals surface area contributed by atoms with Crippen molar-refractivity contribution in [1.82, 2.24) is 0 Å². The molecule has 0 aliphatic carbocycles. The predicted molar refractivity (Wildman–Crippen MR) is 106 cm³/mol. The average Bonchev–Trinajstić information content (AvgIpc) is 2.55. The first-order valence-electron chi connectivity index (χ1n) is 7.89. The number of aryl methyl sites for hydroxylation is 1. The lowest BCUT2D eigenvalue weighted by molar-refractivity contribution is -0.118. The van der Waals surface area contributed by atoms with Gasteiger partial charge in [-0.1, -0.05) is 26.0 Å². The molecule has 128 valence electrons. The fourth-order valence-electron chi connectivity index (χ4n) is 2.23. The first kappa shape index (κ1) is 19.0. The van der Waals surface area contributed by atoms with E-state index in [0.29, 0.717) is 11.7 Å². The van der Waals surface area contributed by atoms with Gasteiger partial charge in [-0.3, -0.25) is 4.79 Å². The topological polar surface area (TPSA) is 38.3 Å². The number of benzene rings is 2. The quantitative estimate of drug-likeness (QED) is 0.576. The fraction of sp³-hybridized carbons (Fsp3) is 0.316. The first-order valence-corrected chi connectivity index (χ1v) is 9.47. The molecule has 0 bridgehead atoms. The third-order valence-corrected chi connectivity index (χ3v) is 5.17. The van der Waals surface area contributed by atoms with Gasteiger partial charge in [0.2, 0.25) is 0 Å². The van der Waals surface area contributed by atoms with Crippen molar-refractivity contribution in [3.05, 3.63) is 56.5 Å². The molecular weight excluding hydrogens is 434 g/mol. The Labute approximate surface area is 160 Å². The molecule has 0 aliphatic heterocycles. The lowest BCUT2D eigenvalue weighted by atomic mass is 9.99. The number of halogens is 2. The van der Waals surface area contributed by atoms with E-state index in [1.54, 1.807) is 0 Å². The van der Waals surface area contributed by atoms with Crippen molar-refractivity contribution >= 4 is 43.5 Å². The molecule has 5 heteroatoms. The summed E-state index contributed by atoms with van der Waals surface area (Å²) in [4.78, 5) is 12.1. The highest BCUT2D eigenvalue weighted by atomic mass is 79.9. The van der Waals surface area contributed by atoms with Crippen molar-refractivity contribution in [2.75, 3.05) is 11.9 Å². The minimum Gasteiger partial charge on any atom is -0.483 e. The Bertz CT molecular complexity index is 731. The molecule has 2 aromatic rings. The van der Waals surface area contributed by atoms with Crippen molar-refractivity contribution in [3.8, 4) is 5.75 Å². The van der Waals surface area contributed by atoms with Gasteiger partial charge in [0.15, 0.2) is 6.61 Å². The van der Waals surface area contributed by atoms with E-state index in [0.717, 1.165) is 26.6 Å². The van der Waals surface area contributed by atoms with Crippen LogP contribution in [0.4, 0.5) is 5.69 Å². The Kier molecular flexibility index (Phi) is 6.87. The van der Waals surface area contributed by atoms with Crippen molar-refractivity contribution < 1.29 is 9.53 Å². The summed E-state index contributed by atoms with van der Waals surface area (Å²) in [6, 6.07) is 11.8. The number of nitrogens with one attached hydrogen (secondary N) is 1. The number of ether oxygens (including phenoxy) is 1. The normalized spacial score (nSPS) is 11.9. The van der Waals surface area contributed by atoms with E-state index in [1.807, 2.05) is 37.3 Å². The Morgan fingerprint density at radius 3 is 2.54 bits per heavy atom. The minimum atomic E-state index is -0.197. The Morgan fingerprint density at radius 1 is 1.17 bits per heavy atom. The summed E-state index contributed by atoms with van der Waals surface area (Å²) in [5, 5.41) is 2.84. The van der Waals surface area contributed by atoms with Gasteiger partial charge in [-0.25, -0.2) is 0 Å². The maximum atomic E-state index is 12.1. The van der Waals surface area contributed by atoms with Crippen molar-refractivity contribution in [2.45, 2.75) is 33.1 Å². The van der Waals surface area contributed by atoms with Gasteiger partial charge in [-0.05, 0) is 86.5 Å². The van der Waals surface area contributed by atoms with Gasteiger partial charge >= 0.3 is 0 Å². The molecule has 0 aromatic heterocycles. The smallest absolute Gasteiger partial charge is 0.262 e. The van der Waals surface area contributed by atoms with Gasteiger partial charge in [0, 0.05) is 4.47 Å². The summed E-state index contributed by atoms with van der Waals surface area (Å²) < 4.78 is 7.35. The molecule has 1 amide bonds. The summed E-state index contributed by atoms with van der Waals surface area (Å²) in [5.41, 5.74) is 3.12. The van der Waals surface area contributed by atoms with E-state index in [4.69, 9.17) is 4.74 Å². The van der Waals surface area contributed by atoms with Crippen molar-refractivity contribution in [2.24, 2.45) is 0 Å². The first-order chi connectivity index (χ1) is 11.4. The molecule has 24 heavy (non-hydrogen) atoms. The van der Waals surface area contributed by atoms with Crippen LogP contribution >= 0.6 is 31.9 Å². The second-order valence-corrected chi connectivity index (χ2v) is 7.53. The van der Waals surface area contributed by atoms with E-state index in [-0.39, 0.29) is 12.5 Å². The molecule has 0 fully saturated rings. The number of amides is 1. The highest BCUT2D eigenvalue weighted by Crippen LogP contribution is 2.30. The highest BCUT2D eigenvalue weighted by molar-refractivity contribution is 9.11. The number of anilines is 1. The molecule has 1 N–H and O–H groups in total. The van der Waals surface area contributed by atoms with Gasteiger partial charge < -0.3 is 10.1 Å². The average molecular weight is 455 g/mol. The summed E-state index contributed by atoms with van der Waals surface area (Å²) in [5.74, 6) is 0.968. The summed E-state index contributed by atoms with van der Waals surface area (Å²) in [6.07, 6.45) is 1.08. The van der Waals surface area contributed by atoms with Crippen LogP contribution in [0.25, 0.3) is 0 Å². The van der Waals surface area contributed by atoms with E-state index >= 15 is 0 Å². The van der Waals surface area contributed by atoms with Gasteiger partial charge in [-0.2, -0.15) is 0 Å². The molecule has 2 aromatic carbocycles. The maximum Gasteiger partial charge on any atom is 0.262 e. The second-order valence-electron chi connectivity index (χ2n) is 5.82. The highest BCUT2D eigenvalue weighted by Gasteiger charge is 2.10. The molecule has 1 unspecified atom stereocenters. The zero-order valence-electron chi connectivity index (χ0n) is 14.0. The Hall–Kier alpha value is -1.33. The van der Waals surface area contributed by atoms with Gasteiger partial charge in [0.25, 0.3) is 5.91 Å². The number of hydrogen-bond donors (Lipinski definition) is 1. The summed E-state index contributed by atoms with van der Waals surface area (Å²) in [6.45, 7) is 6.31. The molecule has 0 spiro atoms. The lowest BCUT2D eigenvalue weighted by Gasteiger charge is -2.13. The van der Waals surface area contributed by atoms with E-state index in [2.05, 4.69) is 57.1 Å². The standard InChI is InChI=1S/C19H21Br2NO2/c1-4-13(3)14-6-8-18(16(21)10-14)24-11-19(23)22-17-7-5-12(2)9-15(17)20/h5-10,13H,4,11H2,1-3H3,(H,22,23). The van der Waals surface area contributed by atoms with Crippen LogP contribution in [-0.2, 0) is 4.79 Å². The molecule has 3 nitrogen and oxygen atoms in total. The molecule has 0 saturated carbocycles. The molecule has 0 radical (unpaired) electrons. The van der Waals surface area contributed by atoms with Crippen LogP contribution in [0, 0.1) is 6.92 Å². The number of rotatable bonds is 6. The third kappa shape index (κ3) is 5.08. The monoisotopic (exact) mass is 453 g/mol. The Balaban J connectivity index is 1.96. The van der Waals surface area contributed by atoms with Crippen LogP contribution in [-0.4, -0.2) is 12.5 Å². The van der Waals surface area contributed by atoms with Crippen LogP contribution in [0.2, 0.25) is 0 Å². The van der Waals surface area contributed by atoms with Gasteiger partial charge in [0.1, 0.15) is 5.75 Å². The van der Waals surface area contributed by atoms with Crippen molar-refractivity contribution in [3.63, 3.8) is 0 Å². The fourth-order valence-corrected chi connectivity index (χ4v) is 3.33. The number of carbonyl (C=O) groups is 1. The van der Waals surface area contributed by atoms with Crippen molar-refractivity contribution in [1.29, 1.82) is 0 Å². The summed E-state index contributed by atoms with van der Waals surface area (Å²) in [7, 11) is 0. The van der Waals surface area contributed by atoms with E-state index in [9.17, 15) is 4.79 Å². The SMILES string of the molecule is CCC(C)c1ccc(OCC(=O)Nc2ccc(C)cc2Br)c(Br)c1. The zero-order valence-corrected chi connectivity index (χ0v) is 17.2. The largest absolute Gasteiger partial charge is 0.483 e. The minimum absolute atomic E-state index is 0.0401. The predicted octanol–water partition coefficient (Wildman–Crippen LogP) is 6.05. The number of hydrogen-bond acceptors (Lipinski definition) is 2. The van der Waals surface area contributed by atoms with Crippen LogP contribution in [0.15, 0.2) is 45.3 Å². The molecule has 2 rings (SSSR count). The molecule has 0 saturated heterocycles. The second kappa shape index (κ2) is 8.67. The van der Waals surface area contributed by atoms with Crippen LogP contribution in [0.1, 0.15) is 37.3 Å². The van der Waals surface area contributed by atoms with Crippen LogP contribution in [0.5, 0.6) is 5.75 Å². The zero-order chi connectivity index (χ0) is 17.7. The molecular formula is C19H21Br2NO2. The molecule has 0 aliphatic rings. The van der Waals surface area contributed by atoms with Gasteiger partial charge in [0.05, 0.1) is 10.2 Å². The third-order valence-electron chi connectivity index (χ3n) is 3.89. The number of carbonyl (C=O) groups excluding carboxylic acids is 1. The molecule has 1 atom stereocenters. The van der Waals surface area contributed by atoms with Crippen LogP contribution < -0.4 is 10.1 Å². The summed E-state index contributed by atoms with van der Waals surface area (Å²) >= 11 is 6.97. The maximum absolute atomic E-state index is 12.1.